The van der Waals surface area contributed by atoms with Crippen molar-refractivity contribution >= 4 is 0 Å². The second-order valence-corrected chi connectivity index (χ2v) is 4.93. The lowest BCUT2D eigenvalue weighted by Gasteiger charge is -2.01. The van der Waals surface area contributed by atoms with Crippen LogP contribution in [0.25, 0.3) is 0 Å². The maximum absolute atomic E-state index is 5.19. The fraction of sp³-hybridized carbons (Fsp3) is 0.867. The Kier molecular flexibility index (Phi) is 8.51. The fourth-order valence-electron chi connectivity index (χ4n) is 2.10. The monoisotopic (exact) mass is 224 g/mol. The van der Waals surface area contributed by atoms with E-state index in [1.54, 1.807) is 0 Å². The van der Waals surface area contributed by atoms with Gasteiger partial charge in [0.2, 0.25) is 0 Å². The normalized spacial score (nSPS) is 19.4. The molecule has 0 aromatic carbocycles. The first-order valence-corrected chi connectivity index (χ1v) is 7.16. The highest BCUT2D eigenvalue weighted by molar-refractivity contribution is 4.76. The molecule has 1 aliphatic heterocycles. The predicted molar refractivity (Wildman–Crippen MR) is 70.7 cm³/mol. The van der Waals surface area contributed by atoms with Crippen molar-refractivity contribution in [2.45, 2.75) is 77.2 Å². The van der Waals surface area contributed by atoms with E-state index in [2.05, 4.69) is 19.1 Å². The van der Waals surface area contributed by atoms with Crippen LogP contribution in [-0.2, 0) is 4.74 Å². The summed E-state index contributed by atoms with van der Waals surface area (Å²) in [5.41, 5.74) is 0. The smallest absolute Gasteiger partial charge is 0.0810 e. The van der Waals surface area contributed by atoms with Gasteiger partial charge in [0.25, 0.3) is 0 Å². The molecule has 1 fully saturated rings. The van der Waals surface area contributed by atoms with Gasteiger partial charge in [-0.15, -0.1) is 0 Å². The third-order valence-corrected chi connectivity index (χ3v) is 3.28. The van der Waals surface area contributed by atoms with E-state index in [9.17, 15) is 0 Å². The molecule has 16 heavy (non-hydrogen) atoms. The van der Waals surface area contributed by atoms with Crippen molar-refractivity contribution < 1.29 is 4.74 Å². The van der Waals surface area contributed by atoms with E-state index in [1.807, 2.05) is 0 Å². The Morgan fingerprint density at radius 1 is 0.938 bits per heavy atom. The highest BCUT2D eigenvalue weighted by Crippen LogP contribution is 2.18. The third-order valence-electron chi connectivity index (χ3n) is 3.28. The highest BCUT2D eigenvalue weighted by Gasteiger charge is 2.20. The van der Waals surface area contributed by atoms with Crippen LogP contribution in [0.5, 0.6) is 0 Å². The summed E-state index contributed by atoms with van der Waals surface area (Å²) in [5, 5.41) is 0. The van der Waals surface area contributed by atoms with Crippen LogP contribution in [0.1, 0.15) is 71.1 Å². The zero-order chi connectivity index (χ0) is 11.5. The average Bonchev–Trinajstić information content (AvgIpc) is 3.10. The summed E-state index contributed by atoms with van der Waals surface area (Å²) in [6.07, 6.45) is 19.0. The summed E-state index contributed by atoms with van der Waals surface area (Å²) < 4.78 is 5.19. The van der Waals surface area contributed by atoms with Crippen molar-refractivity contribution in [3.8, 4) is 0 Å². The summed E-state index contributed by atoms with van der Waals surface area (Å²) in [6, 6.07) is 0. The largest absolute Gasteiger partial charge is 0.373 e. The van der Waals surface area contributed by atoms with Gasteiger partial charge in [-0.2, -0.15) is 0 Å². The van der Waals surface area contributed by atoms with Crippen LogP contribution >= 0.6 is 0 Å². The molecule has 1 heteroatoms. The van der Waals surface area contributed by atoms with E-state index in [0.29, 0.717) is 6.10 Å². The second kappa shape index (κ2) is 9.89. The average molecular weight is 224 g/mol. The molecular weight excluding hydrogens is 196 g/mol. The predicted octanol–water partition coefficient (Wildman–Crippen LogP) is 4.86. The molecule has 0 aliphatic carbocycles. The summed E-state index contributed by atoms with van der Waals surface area (Å²) in [6.45, 7) is 3.14. The van der Waals surface area contributed by atoms with Gasteiger partial charge >= 0.3 is 0 Å². The topological polar surface area (TPSA) is 12.5 Å². The van der Waals surface area contributed by atoms with Crippen LogP contribution < -0.4 is 0 Å². The van der Waals surface area contributed by atoms with Crippen molar-refractivity contribution in [2.24, 2.45) is 0 Å². The fourth-order valence-corrected chi connectivity index (χ4v) is 2.10. The summed E-state index contributed by atoms with van der Waals surface area (Å²) in [4.78, 5) is 0. The Balaban J connectivity index is 1.64. The number of hydrogen-bond acceptors (Lipinski definition) is 1. The molecule has 1 saturated heterocycles. The molecule has 0 spiro atoms. The minimum absolute atomic E-state index is 0.645. The molecule has 0 aromatic rings. The molecule has 1 nitrogen and oxygen atoms in total. The van der Waals surface area contributed by atoms with Gasteiger partial charge in [0.15, 0.2) is 0 Å². The zero-order valence-electron chi connectivity index (χ0n) is 10.9. The first kappa shape index (κ1) is 13.8. The van der Waals surface area contributed by atoms with Crippen LogP contribution in [0.2, 0.25) is 0 Å². The first-order valence-electron chi connectivity index (χ1n) is 7.16. The Morgan fingerprint density at radius 3 is 2.06 bits per heavy atom. The van der Waals surface area contributed by atoms with Gasteiger partial charge in [-0.3, -0.25) is 0 Å². The first-order chi connectivity index (χ1) is 7.93. The molecule has 1 rings (SSSR count). The van der Waals surface area contributed by atoms with E-state index in [0.717, 1.165) is 6.61 Å². The number of epoxide rings is 1. The van der Waals surface area contributed by atoms with Crippen LogP contribution in [0.4, 0.5) is 0 Å². The molecule has 94 valence electrons. The molecule has 1 heterocycles. The van der Waals surface area contributed by atoms with Crippen molar-refractivity contribution in [2.75, 3.05) is 6.61 Å². The van der Waals surface area contributed by atoms with E-state index in [-0.39, 0.29) is 0 Å². The Labute approximate surface area is 101 Å². The number of ether oxygens (including phenoxy) is 1. The van der Waals surface area contributed by atoms with Crippen molar-refractivity contribution in [1.29, 1.82) is 0 Å². The van der Waals surface area contributed by atoms with Crippen LogP contribution in [0.3, 0.4) is 0 Å². The Bertz CT molecular complexity index is 170. The molecule has 0 N–H and O–H groups in total. The number of rotatable bonds is 11. The van der Waals surface area contributed by atoms with Crippen molar-refractivity contribution in [3.05, 3.63) is 12.2 Å². The van der Waals surface area contributed by atoms with E-state index >= 15 is 0 Å². The van der Waals surface area contributed by atoms with Gasteiger partial charge in [-0.05, 0) is 26.2 Å². The van der Waals surface area contributed by atoms with Crippen LogP contribution in [0.15, 0.2) is 12.2 Å². The quantitative estimate of drug-likeness (QED) is 0.277. The van der Waals surface area contributed by atoms with Crippen LogP contribution in [-0.4, -0.2) is 12.7 Å². The maximum Gasteiger partial charge on any atom is 0.0810 e. The Hall–Kier alpha value is -0.300. The minimum atomic E-state index is 0.645. The number of hydrogen-bond donors (Lipinski definition) is 0. The third kappa shape index (κ3) is 8.96. The van der Waals surface area contributed by atoms with Gasteiger partial charge in [0.05, 0.1) is 12.7 Å². The number of unbranched alkanes of at least 4 members (excludes halogenated alkanes) is 8. The van der Waals surface area contributed by atoms with Crippen molar-refractivity contribution in [1.82, 2.24) is 0 Å². The minimum Gasteiger partial charge on any atom is -0.373 e. The lowest BCUT2D eigenvalue weighted by Crippen LogP contribution is -1.86. The molecule has 0 radical (unpaired) electrons. The van der Waals surface area contributed by atoms with Gasteiger partial charge < -0.3 is 4.74 Å². The van der Waals surface area contributed by atoms with Crippen LogP contribution in [0, 0.1) is 0 Å². The lowest BCUT2D eigenvalue weighted by atomic mass is 10.1. The molecule has 0 amide bonds. The molecule has 0 bridgehead atoms. The maximum atomic E-state index is 5.19. The summed E-state index contributed by atoms with van der Waals surface area (Å²) in [5.74, 6) is 0. The standard InChI is InChI=1S/C15H28O/c1-2-3-4-5-6-7-8-9-10-11-12-13-15-14-16-15/h2-3,15H,4-14H2,1H3/b3-2+. The van der Waals surface area contributed by atoms with Gasteiger partial charge in [-0.1, -0.05) is 57.1 Å². The van der Waals surface area contributed by atoms with E-state index in [1.165, 1.54) is 64.2 Å². The molecular formula is C15H28O. The highest BCUT2D eigenvalue weighted by atomic mass is 16.6. The molecule has 0 aromatic heterocycles. The van der Waals surface area contributed by atoms with Gasteiger partial charge in [0, 0.05) is 0 Å². The van der Waals surface area contributed by atoms with E-state index < -0.39 is 0 Å². The summed E-state index contributed by atoms with van der Waals surface area (Å²) >= 11 is 0. The van der Waals surface area contributed by atoms with Crippen molar-refractivity contribution in [3.63, 3.8) is 0 Å². The van der Waals surface area contributed by atoms with Gasteiger partial charge in [-0.25, -0.2) is 0 Å². The second-order valence-electron chi connectivity index (χ2n) is 4.93. The van der Waals surface area contributed by atoms with Gasteiger partial charge in [0.1, 0.15) is 0 Å². The Morgan fingerprint density at radius 2 is 1.50 bits per heavy atom. The van der Waals surface area contributed by atoms with E-state index in [4.69, 9.17) is 4.74 Å². The number of allylic oxidation sites excluding steroid dienone is 2. The molecule has 0 saturated carbocycles. The SMILES string of the molecule is C/C=C/CCCCCCCCCCC1CO1. The molecule has 1 aliphatic rings. The zero-order valence-corrected chi connectivity index (χ0v) is 10.9. The molecule has 1 atom stereocenters. The lowest BCUT2D eigenvalue weighted by molar-refractivity contribution is 0.387. The molecule has 1 unspecified atom stereocenters. The summed E-state index contributed by atoms with van der Waals surface area (Å²) in [7, 11) is 0.